The first-order chi connectivity index (χ1) is 12.5. The number of aryl methyl sites for hydroxylation is 1. The van der Waals surface area contributed by atoms with E-state index in [4.69, 9.17) is 4.74 Å². The fourth-order valence-electron chi connectivity index (χ4n) is 3.80. The molecule has 0 spiro atoms. The smallest absolute Gasteiger partial charge is 0.314 e. The van der Waals surface area contributed by atoms with Crippen molar-refractivity contribution in [1.29, 1.82) is 0 Å². The maximum atomic E-state index is 13.2. The lowest BCUT2D eigenvalue weighted by Gasteiger charge is -2.45. The highest BCUT2D eigenvalue weighted by atomic mass is 16.5. The average molecular weight is 377 g/mol. The second-order valence-electron chi connectivity index (χ2n) is 8.05. The molecule has 1 fully saturated rings. The van der Waals surface area contributed by atoms with E-state index < -0.39 is 23.1 Å². The zero-order valence-corrected chi connectivity index (χ0v) is 16.9. The van der Waals surface area contributed by atoms with Crippen LogP contribution >= 0.6 is 0 Å². The summed E-state index contributed by atoms with van der Waals surface area (Å²) in [5.41, 5.74) is -0.419. The molecule has 2 N–H and O–H groups in total. The van der Waals surface area contributed by atoms with Gasteiger partial charge in [0.25, 0.3) is 5.91 Å². The standard InChI is InChI=1S/C21H31NO5/c1-6-11-21(19(25)26)13-22(12-10-17(21)23)18(24)20(4,5)27-16-9-7-8-14(2)15(16)3/h7-9,17,23H,6,10-13H2,1-5H3,(H,25,26)/t17-,21-/m0/s1. The van der Waals surface area contributed by atoms with Gasteiger partial charge in [-0.3, -0.25) is 9.59 Å². The van der Waals surface area contributed by atoms with E-state index in [1.807, 2.05) is 39.0 Å². The minimum atomic E-state index is -1.32. The van der Waals surface area contributed by atoms with Crippen molar-refractivity contribution >= 4 is 11.9 Å². The summed E-state index contributed by atoms with van der Waals surface area (Å²) in [6.45, 7) is 9.52. The number of likely N-dealkylation sites (tertiary alicyclic amines) is 1. The van der Waals surface area contributed by atoms with Gasteiger partial charge in [0.15, 0.2) is 5.60 Å². The highest BCUT2D eigenvalue weighted by Crippen LogP contribution is 2.37. The lowest BCUT2D eigenvalue weighted by atomic mass is 9.73. The number of carboxylic acid groups (broad SMARTS) is 1. The third kappa shape index (κ3) is 4.10. The maximum Gasteiger partial charge on any atom is 0.314 e. The Morgan fingerprint density at radius 2 is 2.00 bits per heavy atom. The molecule has 1 aromatic rings. The van der Waals surface area contributed by atoms with Crippen molar-refractivity contribution in [3.05, 3.63) is 29.3 Å². The summed E-state index contributed by atoms with van der Waals surface area (Å²) in [6.07, 6.45) is 0.235. The topological polar surface area (TPSA) is 87.1 Å². The van der Waals surface area contributed by atoms with Crippen LogP contribution in [0.2, 0.25) is 0 Å². The van der Waals surface area contributed by atoms with E-state index >= 15 is 0 Å². The molecule has 0 aliphatic carbocycles. The van der Waals surface area contributed by atoms with Gasteiger partial charge in [0.2, 0.25) is 0 Å². The molecule has 27 heavy (non-hydrogen) atoms. The number of carbonyl (C=O) groups is 2. The van der Waals surface area contributed by atoms with Crippen LogP contribution in [-0.4, -0.2) is 51.8 Å². The predicted molar refractivity (Wildman–Crippen MR) is 103 cm³/mol. The Morgan fingerprint density at radius 1 is 1.33 bits per heavy atom. The molecule has 0 aromatic heterocycles. The predicted octanol–water partition coefficient (Wildman–Crippen LogP) is 2.93. The van der Waals surface area contributed by atoms with E-state index in [0.29, 0.717) is 25.1 Å². The Labute approximate surface area is 161 Å². The number of carboxylic acids is 1. The number of carbonyl (C=O) groups excluding carboxylic acids is 1. The molecule has 0 bridgehead atoms. The van der Waals surface area contributed by atoms with Crippen molar-refractivity contribution in [2.75, 3.05) is 13.1 Å². The molecule has 0 saturated carbocycles. The van der Waals surface area contributed by atoms with Gasteiger partial charge in [-0.05, 0) is 57.7 Å². The second kappa shape index (κ2) is 7.89. The summed E-state index contributed by atoms with van der Waals surface area (Å²) < 4.78 is 6.04. The fourth-order valence-corrected chi connectivity index (χ4v) is 3.80. The molecule has 150 valence electrons. The molecule has 1 amide bonds. The SMILES string of the molecule is CCC[C@]1(C(=O)O)CN(C(=O)C(C)(C)Oc2cccc(C)c2C)CC[C@@H]1O. The number of aliphatic hydroxyl groups is 1. The number of ether oxygens (including phenoxy) is 1. The van der Waals surface area contributed by atoms with Crippen LogP contribution in [0.3, 0.4) is 0 Å². The van der Waals surface area contributed by atoms with Crippen LogP contribution in [0.15, 0.2) is 18.2 Å². The van der Waals surface area contributed by atoms with Crippen molar-refractivity contribution in [3.8, 4) is 5.75 Å². The number of amides is 1. The first kappa shape index (κ1) is 21.2. The van der Waals surface area contributed by atoms with Crippen LogP contribution in [0, 0.1) is 19.3 Å². The first-order valence-corrected chi connectivity index (χ1v) is 9.51. The van der Waals surface area contributed by atoms with Gasteiger partial charge >= 0.3 is 5.97 Å². The fraction of sp³-hybridized carbons (Fsp3) is 0.619. The number of nitrogens with zero attached hydrogens (tertiary/aromatic N) is 1. The van der Waals surface area contributed by atoms with Crippen LogP contribution in [-0.2, 0) is 9.59 Å². The van der Waals surface area contributed by atoms with Crippen molar-refractivity contribution in [2.45, 2.75) is 65.6 Å². The molecule has 2 rings (SSSR count). The summed E-state index contributed by atoms with van der Waals surface area (Å²) in [5.74, 6) is -0.678. The number of aliphatic carboxylic acids is 1. The van der Waals surface area contributed by atoms with Gasteiger partial charge in [0, 0.05) is 13.1 Å². The van der Waals surface area contributed by atoms with E-state index in [1.165, 1.54) is 4.90 Å². The molecule has 6 heteroatoms. The van der Waals surface area contributed by atoms with Crippen molar-refractivity contribution in [1.82, 2.24) is 4.90 Å². The molecular formula is C21H31NO5. The lowest BCUT2D eigenvalue weighted by molar-refractivity contribution is -0.170. The normalized spacial score (nSPS) is 23.2. The number of hydrogen-bond donors (Lipinski definition) is 2. The summed E-state index contributed by atoms with van der Waals surface area (Å²) in [4.78, 5) is 26.6. The van der Waals surface area contributed by atoms with Gasteiger partial charge in [-0.25, -0.2) is 0 Å². The molecule has 2 atom stereocenters. The van der Waals surface area contributed by atoms with Gasteiger partial charge in [0.1, 0.15) is 11.2 Å². The van der Waals surface area contributed by atoms with E-state index in [0.717, 1.165) is 11.1 Å². The van der Waals surface area contributed by atoms with Gasteiger partial charge in [0.05, 0.1) is 6.10 Å². The summed E-state index contributed by atoms with van der Waals surface area (Å²) in [7, 11) is 0. The van der Waals surface area contributed by atoms with Gasteiger partial charge in [-0.15, -0.1) is 0 Å². The molecule has 0 unspecified atom stereocenters. The maximum absolute atomic E-state index is 13.2. The Morgan fingerprint density at radius 3 is 2.59 bits per heavy atom. The molecule has 6 nitrogen and oxygen atoms in total. The number of rotatable bonds is 6. The van der Waals surface area contributed by atoms with E-state index in [2.05, 4.69) is 0 Å². The lowest BCUT2D eigenvalue weighted by Crippen LogP contribution is -2.60. The van der Waals surface area contributed by atoms with E-state index in [9.17, 15) is 19.8 Å². The van der Waals surface area contributed by atoms with Crippen molar-refractivity contribution in [3.63, 3.8) is 0 Å². The minimum Gasteiger partial charge on any atom is -0.481 e. The summed E-state index contributed by atoms with van der Waals surface area (Å²) in [5, 5.41) is 20.1. The zero-order chi connectivity index (χ0) is 20.4. The highest BCUT2D eigenvalue weighted by molar-refractivity contribution is 5.86. The largest absolute Gasteiger partial charge is 0.481 e. The first-order valence-electron chi connectivity index (χ1n) is 9.51. The van der Waals surface area contributed by atoms with E-state index in [1.54, 1.807) is 13.8 Å². The summed E-state index contributed by atoms with van der Waals surface area (Å²) >= 11 is 0. The molecule has 1 aromatic carbocycles. The van der Waals surface area contributed by atoms with Crippen LogP contribution in [0.25, 0.3) is 0 Å². The Hall–Kier alpha value is -2.08. The number of aliphatic hydroxyl groups excluding tert-OH is 1. The van der Waals surface area contributed by atoms with Crippen LogP contribution in [0.1, 0.15) is 51.2 Å². The highest BCUT2D eigenvalue weighted by Gasteiger charge is 2.51. The Kier molecular flexibility index (Phi) is 6.20. The minimum absolute atomic E-state index is 0.00420. The molecule has 1 heterocycles. The van der Waals surface area contributed by atoms with Crippen LogP contribution < -0.4 is 4.74 Å². The molecule has 1 saturated heterocycles. The molecular weight excluding hydrogens is 346 g/mol. The average Bonchev–Trinajstić information content (AvgIpc) is 2.60. The van der Waals surface area contributed by atoms with Gasteiger partial charge < -0.3 is 19.8 Å². The molecule has 1 aliphatic heterocycles. The monoisotopic (exact) mass is 377 g/mol. The molecule has 1 aliphatic rings. The number of benzene rings is 1. The van der Waals surface area contributed by atoms with Gasteiger partial charge in [-0.2, -0.15) is 0 Å². The van der Waals surface area contributed by atoms with Crippen molar-refractivity contribution in [2.24, 2.45) is 5.41 Å². The van der Waals surface area contributed by atoms with E-state index in [-0.39, 0.29) is 18.9 Å². The van der Waals surface area contributed by atoms with Gasteiger partial charge in [-0.1, -0.05) is 25.5 Å². The Bertz CT molecular complexity index is 715. The number of piperidine rings is 1. The Balaban J connectivity index is 2.24. The second-order valence-corrected chi connectivity index (χ2v) is 8.05. The van der Waals surface area contributed by atoms with Crippen molar-refractivity contribution < 1.29 is 24.5 Å². The number of hydrogen-bond acceptors (Lipinski definition) is 4. The quantitative estimate of drug-likeness (QED) is 0.796. The third-order valence-electron chi connectivity index (χ3n) is 5.63. The molecule has 0 radical (unpaired) electrons. The van der Waals surface area contributed by atoms with Crippen LogP contribution in [0.4, 0.5) is 0 Å². The third-order valence-corrected chi connectivity index (χ3v) is 5.63. The van der Waals surface area contributed by atoms with Crippen LogP contribution in [0.5, 0.6) is 5.75 Å². The zero-order valence-electron chi connectivity index (χ0n) is 16.9. The summed E-state index contributed by atoms with van der Waals surface area (Å²) in [6, 6.07) is 5.69.